The van der Waals surface area contributed by atoms with Crippen LogP contribution in [-0.2, 0) is 4.79 Å². The minimum Gasteiger partial charge on any atom is -0.384 e. The molecule has 4 heteroatoms. The van der Waals surface area contributed by atoms with E-state index in [1.54, 1.807) is 0 Å². The highest BCUT2D eigenvalue weighted by Gasteiger charge is 2.28. The Labute approximate surface area is 126 Å². The van der Waals surface area contributed by atoms with Gasteiger partial charge in [0.2, 0.25) is 5.91 Å². The summed E-state index contributed by atoms with van der Waals surface area (Å²) in [6, 6.07) is 13.9. The summed E-state index contributed by atoms with van der Waals surface area (Å²) >= 11 is 3.49. The second-order valence-corrected chi connectivity index (χ2v) is 5.85. The molecule has 0 fully saturated rings. The van der Waals surface area contributed by atoms with Gasteiger partial charge in [0.15, 0.2) is 0 Å². The van der Waals surface area contributed by atoms with E-state index in [1.807, 2.05) is 49.4 Å². The van der Waals surface area contributed by atoms with Gasteiger partial charge in [-0.25, -0.2) is 0 Å². The van der Waals surface area contributed by atoms with Crippen LogP contribution in [0.4, 0.5) is 11.4 Å². The van der Waals surface area contributed by atoms with Gasteiger partial charge in [0.25, 0.3) is 0 Å². The number of para-hydroxylation sites is 1. The molecule has 0 saturated heterocycles. The summed E-state index contributed by atoms with van der Waals surface area (Å²) in [4.78, 5) is 12.4. The Morgan fingerprint density at radius 3 is 2.90 bits per heavy atom. The third-order valence-corrected chi connectivity index (χ3v) is 4.19. The zero-order valence-corrected chi connectivity index (χ0v) is 12.7. The normalized spacial score (nSPS) is 16.4. The van der Waals surface area contributed by atoms with Crippen molar-refractivity contribution in [3.8, 4) is 0 Å². The highest BCUT2D eigenvalue weighted by atomic mass is 79.9. The lowest BCUT2D eigenvalue weighted by atomic mass is 10.0. The second-order valence-electron chi connectivity index (χ2n) is 4.99. The highest BCUT2D eigenvalue weighted by molar-refractivity contribution is 9.10. The lowest BCUT2D eigenvalue weighted by Gasteiger charge is -2.12. The van der Waals surface area contributed by atoms with Gasteiger partial charge in [-0.05, 0) is 52.2 Å². The van der Waals surface area contributed by atoms with Gasteiger partial charge in [0.1, 0.15) is 0 Å². The van der Waals surface area contributed by atoms with Crippen molar-refractivity contribution in [1.82, 2.24) is 0 Å². The predicted octanol–water partition coefficient (Wildman–Crippen LogP) is 3.91. The fraction of sp³-hybridized carbons (Fsp3) is 0.188. The van der Waals surface area contributed by atoms with Gasteiger partial charge in [0.05, 0.1) is 11.6 Å². The first-order valence-electron chi connectivity index (χ1n) is 6.55. The lowest BCUT2D eigenvalue weighted by Crippen LogP contribution is -2.22. The molecule has 1 atom stereocenters. The zero-order valence-electron chi connectivity index (χ0n) is 11.1. The summed E-state index contributed by atoms with van der Waals surface area (Å²) < 4.78 is 0.907. The molecule has 0 aliphatic carbocycles. The monoisotopic (exact) mass is 330 g/mol. The third-order valence-electron chi connectivity index (χ3n) is 3.53. The number of amides is 1. The van der Waals surface area contributed by atoms with E-state index in [-0.39, 0.29) is 11.8 Å². The van der Waals surface area contributed by atoms with Crippen LogP contribution >= 0.6 is 15.9 Å². The number of nitrogens with one attached hydrogen (secondary N) is 2. The summed E-state index contributed by atoms with van der Waals surface area (Å²) in [5, 5.41) is 6.26. The highest BCUT2D eigenvalue weighted by Crippen LogP contribution is 2.32. The van der Waals surface area contributed by atoms with Crippen LogP contribution in [-0.4, -0.2) is 12.5 Å². The van der Waals surface area contributed by atoms with E-state index in [0.29, 0.717) is 6.54 Å². The van der Waals surface area contributed by atoms with Crippen LogP contribution in [0.25, 0.3) is 0 Å². The molecule has 20 heavy (non-hydrogen) atoms. The molecule has 1 aliphatic heterocycles. The molecule has 3 rings (SSSR count). The van der Waals surface area contributed by atoms with Crippen molar-refractivity contribution in [2.45, 2.75) is 12.8 Å². The fourth-order valence-corrected chi connectivity index (χ4v) is 3.05. The standard InChI is InChI=1S/C16H15BrN2O/c1-10-6-7-15(13(17)8-10)19-16(20)12-9-18-14-5-3-2-4-11(12)14/h2-8,12,18H,9H2,1H3,(H,19,20). The average molecular weight is 331 g/mol. The fourth-order valence-electron chi connectivity index (χ4n) is 2.46. The van der Waals surface area contributed by atoms with Gasteiger partial charge in [-0.3, -0.25) is 4.79 Å². The van der Waals surface area contributed by atoms with Crippen molar-refractivity contribution in [3.63, 3.8) is 0 Å². The van der Waals surface area contributed by atoms with E-state index in [1.165, 1.54) is 0 Å². The molecule has 2 aromatic carbocycles. The molecule has 1 heterocycles. The number of hydrogen-bond donors (Lipinski definition) is 2. The largest absolute Gasteiger partial charge is 0.384 e. The molecular formula is C16H15BrN2O. The summed E-state index contributed by atoms with van der Waals surface area (Å²) in [5.41, 5.74) is 4.08. The third kappa shape index (κ3) is 2.43. The predicted molar refractivity (Wildman–Crippen MR) is 85.2 cm³/mol. The molecule has 102 valence electrons. The first kappa shape index (κ1) is 13.2. The average Bonchev–Trinajstić information content (AvgIpc) is 2.86. The first-order valence-corrected chi connectivity index (χ1v) is 7.34. The van der Waals surface area contributed by atoms with E-state index in [2.05, 4.69) is 26.6 Å². The number of carbonyl (C=O) groups is 1. The van der Waals surface area contributed by atoms with E-state index < -0.39 is 0 Å². The van der Waals surface area contributed by atoms with Crippen molar-refractivity contribution in [1.29, 1.82) is 0 Å². The zero-order chi connectivity index (χ0) is 14.1. The molecule has 0 spiro atoms. The Morgan fingerprint density at radius 2 is 2.10 bits per heavy atom. The van der Waals surface area contributed by atoms with Crippen LogP contribution in [0.2, 0.25) is 0 Å². The number of anilines is 2. The molecule has 1 amide bonds. The molecule has 1 unspecified atom stereocenters. The topological polar surface area (TPSA) is 41.1 Å². The van der Waals surface area contributed by atoms with Crippen molar-refractivity contribution in [2.75, 3.05) is 17.2 Å². The van der Waals surface area contributed by atoms with Crippen molar-refractivity contribution in [3.05, 3.63) is 58.1 Å². The Morgan fingerprint density at radius 1 is 1.30 bits per heavy atom. The van der Waals surface area contributed by atoms with Crippen molar-refractivity contribution in [2.24, 2.45) is 0 Å². The van der Waals surface area contributed by atoms with Gasteiger partial charge < -0.3 is 10.6 Å². The van der Waals surface area contributed by atoms with Crippen LogP contribution < -0.4 is 10.6 Å². The van der Waals surface area contributed by atoms with Gasteiger partial charge in [0, 0.05) is 16.7 Å². The molecule has 2 aromatic rings. The smallest absolute Gasteiger partial charge is 0.233 e. The summed E-state index contributed by atoms with van der Waals surface area (Å²) in [6.07, 6.45) is 0. The SMILES string of the molecule is Cc1ccc(NC(=O)C2CNc3ccccc32)c(Br)c1. The Balaban J connectivity index is 1.81. The van der Waals surface area contributed by atoms with E-state index >= 15 is 0 Å². The number of rotatable bonds is 2. The van der Waals surface area contributed by atoms with Crippen LogP contribution in [0, 0.1) is 6.92 Å². The number of halogens is 1. The number of aryl methyl sites for hydroxylation is 1. The maximum absolute atomic E-state index is 12.4. The maximum Gasteiger partial charge on any atom is 0.233 e. The minimum absolute atomic E-state index is 0.0204. The number of fused-ring (bicyclic) bond motifs is 1. The van der Waals surface area contributed by atoms with E-state index in [9.17, 15) is 4.79 Å². The van der Waals surface area contributed by atoms with Crippen molar-refractivity contribution >= 4 is 33.2 Å². The minimum atomic E-state index is -0.139. The molecular weight excluding hydrogens is 316 g/mol. The Bertz CT molecular complexity index is 669. The Kier molecular flexibility index (Phi) is 3.49. The van der Waals surface area contributed by atoms with Crippen molar-refractivity contribution < 1.29 is 4.79 Å². The molecule has 0 aromatic heterocycles. The molecule has 1 aliphatic rings. The summed E-state index contributed by atoms with van der Waals surface area (Å²) in [5.74, 6) is -0.119. The number of carbonyl (C=O) groups excluding carboxylic acids is 1. The van der Waals surface area contributed by atoms with Crippen LogP contribution in [0.3, 0.4) is 0 Å². The Hall–Kier alpha value is -1.81. The number of hydrogen-bond acceptors (Lipinski definition) is 2. The quantitative estimate of drug-likeness (QED) is 0.876. The molecule has 0 radical (unpaired) electrons. The molecule has 3 nitrogen and oxygen atoms in total. The van der Waals surface area contributed by atoms with Gasteiger partial charge in [-0.2, -0.15) is 0 Å². The second kappa shape index (κ2) is 5.29. The molecule has 0 bridgehead atoms. The van der Waals surface area contributed by atoms with Crippen LogP contribution in [0.5, 0.6) is 0 Å². The lowest BCUT2D eigenvalue weighted by molar-refractivity contribution is -0.117. The molecule has 2 N–H and O–H groups in total. The first-order chi connectivity index (χ1) is 9.65. The van der Waals surface area contributed by atoms with E-state index in [4.69, 9.17) is 0 Å². The van der Waals surface area contributed by atoms with E-state index in [0.717, 1.165) is 27.0 Å². The maximum atomic E-state index is 12.4. The van der Waals surface area contributed by atoms with Crippen LogP contribution in [0.1, 0.15) is 17.0 Å². The number of benzene rings is 2. The summed E-state index contributed by atoms with van der Waals surface area (Å²) in [6.45, 7) is 2.67. The van der Waals surface area contributed by atoms with Gasteiger partial charge >= 0.3 is 0 Å². The molecule has 0 saturated carbocycles. The van der Waals surface area contributed by atoms with Gasteiger partial charge in [-0.15, -0.1) is 0 Å². The van der Waals surface area contributed by atoms with Crippen LogP contribution in [0.15, 0.2) is 46.9 Å². The summed E-state index contributed by atoms with van der Waals surface area (Å²) in [7, 11) is 0. The van der Waals surface area contributed by atoms with Gasteiger partial charge in [-0.1, -0.05) is 24.3 Å².